The van der Waals surface area contributed by atoms with Gasteiger partial charge in [0.05, 0.1) is 0 Å². The van der Waals surface area contributed by atoms with Gasteiger partial charge in [-0.15, -0.1) is 0 Å². The molecule has 0 amide bonds. The Labute approximate surface area is 64.4 Å². The Morgan fingerprint density at radius 2 is 1.38 bits per heavy atom. The van der Waals surface area contributed by atoms with Crippen LogP contribution in [0.5, 0.6) is 0 Å². The fraction of sp³-hybridized carbons (Fsp3) is 0.600. The van der Waals surface area contributed by atoms with Gasteiger partial charge in [0.1, 0.15) is 8.32 Å². The van der Waals surface area contributed by atoms with Crippen molar-refractivity contribution in [2.45, 2.75) is 19.6 Å². The Hall–Kier alpha value is 0.696. The molecule has 1 radical (unpaired) electrons. The Morgan fingerprint density at radius 3 is 1.38 bits per heavy atom. The zero-order valence-corrected chi connectivity index (χ0v) is 7.86. The average Bonchev–Trinajstić information content (AvgIpc) is 1.35. The molecule has 0 aromatic heterocycles. The molecule has 55 valence electrons. The monoisotopic (exact) mass is 181 g/mol. The first-order valence-electron chi connectivity index (χ1n) is 1.99. The van der Waals surface area contributed by atoms with E-state index in [4.69, 9.17) is 4.43 Å². The number of hydrogen-bond donors (Lipinski definition) is 0. The van der Waals surface area contributed by atoms with Crippen LogP contribution in [0.2, 0.25) is 19.6 Å². The summed E-state index contributed by atoms with van der Waals surface area (Å²) in [5.74, 6) is 0. The third-order valence-electron chi connectivity index (χ3n) is 0.433. The Kier molecular flexibility index (Phi) is 11.6. The van der Waals surface area contributed by atoms with Crippen molar-refractivity contribution in [1.29, 1.82) is 0 Å². The van der Waals surface area contributed by atoms with E-state index in [1.807, 2.05) is 0 Å². The Morgan fingerprint density at radius 1 is 1.25 bits per heavy atom. The second-order valence-electron chi connectivity index (χ2n) is 2.26. The topological polar surface area (TPSA) is 9.23 Å². The minimum absolute atomic E-state index is 0. The first kappa shape index (κ1) is 15.9. The van der Waals surface area contributed by atoms with Crippen molar-refractivity contribution >= 4 is 8.32 Å². The van der Waals surface area contributed by atoms with E-state index in [0.29, 0.717) is 0 Å². The van der Waals surface area contributed by atoms with Crippen molar-refractivity contribution in [1.82, 2.24) is 0 Å². The van der Waals surface area contributed by atoms with Crippen LogP contribution < -0.4 is 0 Å². The third-order valence-corrected chi connectivity index (χ3v) is 1.30. The molecule has 0 aliphatic heterocycles. The quantitative estimate of drug-likeness (QED) is 0.445. The van der Waals surface area contributed by atoms with Crippen LogP contribution in [0.3, 0.4) is 0 Å². The molecular formula is C5H14CuOSi. The second kappa shape index (κ2) is 5.83. The van der Waals surface area contributed by atoms with Gasteiger partial charge >= 0.3 is 17.1 Å². The van der Waals surface area contributed by atoms with Gasteiger partial charge in [0.2, 0.25) is 0 Å². The maximum Gasteiger partial charge on any atom is 2.00 e. The third kappa shape index (κ3) is 15.9. The largest absolute Gasteiger partial charge is 2.00 e. The van der Waals surface area contributed by atoms with Gasteiger partial charge in [-0.1, -0.05) is 0 Å². The van der Waals surface area contributed by atoms with Gasteiger partial charge < -0.3 is 11.9 Å². The average molecular weight is 182 g/mol. The molecular weight excluding hydrogens is 168 g/mol. The molecule has 0 rings (SSSR count). The summed E-state index contributed by atoms with van der Waals surface area (Å²) in [6.45, 7) is 6.29. The smallest absolute Gasteiger partial charge is 0.596 e. The first-order chi connectivity index (χ1) is 2.56. The molecule has 0 fully saturated rings. The molecule has 3 heteroatoms. The van der Waals surface area contributed by atoms with Crippen LogP contribution in [0, 0.1) is 14.5 Å². The minimum atomic E-state index is -1.24. The molecule has 0 aromatic rings. The molecule has 0 aromatic carbocycles. The molecule has 0 aliphatic rings. The van der Waals surface area contributed by atoms with Gasteiger partial charge in [-0.25, -0.2) is 7.11 Å². The fourth-order valence-corrected chi connectivity index (χ4v) is 0. The van der Waals surface area contributed by atoms with E-state index in [-0.39, 0.29) is 24.5 Å². The van der Waals surface area contributed by atoms with Gasteiger partial charge in [0.25, 0.3) is 0 Å². The van der Waals surface area contributed by atoms with Crippen LogP contribution in [-0.2, 0) is 21.5 Å². The SMILES string of the molecule is [CH2-]O[Si](C)(C)C.[CH3-].[Cu+2]. The number of rotatable bonds is 1. The van der Waals surface area contributed by atoms with Crippen molar-refractivity contribution in [3.63, 3.8) is 0 Å². The molecule has 0 heterocycles. The van der Waals surface area contributed by atoms with Crippen molar-refractivity contribution in [3.8, 4) is 0 Å². The minimum Gasteiger partial charge on any atom is -0.596 e. The van der Waals surface area contributed by atoms with Crippen LogP contribution in [0.4, 0.5) is 0 Å². The molecule has 0 saturated carbocycles. The van der Waals surface area contributed by atoms with Crippen molar-refractivity contribution < 1.29 is 21.5 Å². The standard InChI is InChI=1S/C4H11OSi.CH3.Cu/c1-5-6(2,3)4;;/h1H2,2-4H3;1H3;/q2*-1;+2. The molecule has 0 N–H and O–H groups in total. The second-order valence-corrected chi connectivity index (χ2v) is 6.77. The van der Waals surface area contributed by atoms with E-state index in [2.05, 4.69) is 26.8 Å². The van der Waals surface area contributed by atoms with E-state index >= 15 is 0 Å². The van der Waals surface area contributed by atoms with Crippen LogP contribution in [0.1, 0.15) is 0 Å². The molecule has 1 nitrogen and oxygen atoms in total. The molecule has 0 unspecified atom stereocenters. The summed E-state index contributed by atoms with van der Waals surface area (Å²) in [5.41, 5.74) is 0. The van der Waals surface area contributed by atoms with E-state index in [1.54, 1.807) is 0 Å². The molecule has 0 atom stereocenters. The summed E-state index contributed by atoms with van der Waals surface area (Å²) in [6.07, 6.45) is 0. The van der Waals surface area contributed by atoms with Crippen LogP contribution in [0.15, 0.2) is 0 Å². The maximum absolute atomic E-state index is 4.83. The van der Waals surface area contributed by atoms with Crippen LogP contribution in [0.25, 0.3) is 0 Å². The first-order valence-corrected chi connectivity index (χ1v) is 5.40. The molecule has 8 heavy (non-hydrogen) atoms. The maximum atomic E-state index is 4.83. The van der Waals surface area contributed by atoms with E-state index in [9.17, 15) is 0 Å². The van der Waals surface area contributed by atoms with E-state index in [0.717, 1.165) is 0 Å². The predicted molar refractivity (Wildman–Crippen MR) is 36.2 cm³/mol. The van der Waals surface area contributed by atoms with Crippen molar-refractivity contribution in [2.24, 2.45) is 0 Å². The van der Waals surface area contributed by atoms with Crippen LogP contribution >= 0.6 is 0 Å². The zero-order chi connectivity index (χ0) is 5.21. The van der Waals surface area contributed by atoms with Crippen molar-refractivity contribution in [3.05, 3.63) is 14.5 Å². The van der Waals surface area contributed by atoms with Crippen molar-refractivity contribution in [2.75, 3.05) is 0 Å². The van der Waals surface area contributed by atoms with E-state index < -0.39 is 8.32 Å². The molecule has 0 spiro atoms. The summed E-state index contributed by atoms with van der Waals surface area (Å²) in [6, 6.07) is 0. The fourth-order valence-electron chi connectivity index (χ4n) is 0. The summed E-state index contributed by atoms with van der Waals surface area (Å²) < 4.78 is 4.83. The summed E-state index contributed by atoms with van der Waals surface area (Å²) >= 11 is 0. The zero-order valence-electron chi connectivity index (χ0n) is 5.92. The van der Waals surface area contributed by atoms with Gasteiger partial charge in [-0.2, -0.15) is 0 Å². The molecule has 0 bridgehead atoms. The number of hydrogen-bond acceptors (Lipinski definition) is 1. The summed E-state index contributed by atoms with van der Waals surface area (Å²) in [7, 11) is 2.08. The van der Waals surface area contributed by atoms with Gasteiger partial charge in [0.15, 0.2) is 0 Å². The Balaban J connectivity index is -0.000000125. The predicted octanol–water partition coefficient (Wildman–Crippen LogP) is 2.08. The van der Waals surface area contributed by atoms with Gasteiger partial charge in [-0.05, 0) is 19.6 Å². The normalized spacial score (nSPS) is 9.00. The van der Waals surface area contributed by atoms with E-state index in [1.165, 1.54) is 0 Å². The molecule has 0 aliphatic carbocycles. The van der Waals surface area contributed by atoms with Gasteiger partial charge in [0, 0.05) is 0 Å². The summed E-state index contributed by atoms with van der Waals surface area (Å²) in [4.78, 5) is 0. The van der Waals surface area contributed by atoms with Crippen LogP contribution in [-0.4, -0.2) is 8.32 Å². The van der Waals surface area contributed by atoms with Gasteiger partial charge in [-0.3, -0.25) is 0 Å². The Bertz CT molecular complexity index is 42.2. The summed E-state index contributed by atoms with van der Waals surface area (Å²) in [5, 5.41) is 0. The molecule has 0 saturated heterocycles.